The van der Waals surface area contributed by atoms with E-state index in [4.69, 9.17) is 10.5 Å². The molecule has 0 aliphatic carbocycles. The fraction of sp³-hybridized carbons (Fsp3) is 0.538. The highest BCUT2D eigenvalue weighted by Crippen LogP contribution is 2.22. The van der Waals surface area contributed by atoms with E-state index < -0.39 is 0 Å². The summed E-state index contributed by atoms with van der Waals surface area (Å²) in [5.41, 5.74) is 8.01. The molecular formula is C13H21NO. The third-order valence-corrected chi connectivity index (χ3v) is 2.36. The Labute approximate surface area is 92.4 Å². The van der Waals surface area contributed by atoms with Crippen LogP contribution in [-0.4, -0.2) is 13.2 Å². The molecule has 84 valence electrons. The Morgan fingerprint density at radius 1 is 1.27 bits per heavy atom. The lowest BCUT2D eigenvalue weighted by Crippen LogP contribution is -2.06. The van der Waals surface area contributed by atoms with Gasteiger partial charge in [-0.15, -0.1) is 0 Å². The van der Waals surface area contributed by atoms with Gasteiger partial charge in [0.1, 0.15) is 5.75 Å². The van der Waals surface area contributed by atoms with Gasteiger partial charge < -0.3 is 10.5 Å². The molecule has 1 rings (SSSR count). The molecule has 0 heterocycles. The Balaban J connectivity index is 2.71. The molecule has 0 atom stereocenters. The van der Waals surface area contributed by atoms with Crippen LogP contribution < -0.4 is 10.5 Å². The maximum Gasteiger partial charge on any atom is 0.119 e. The summed E-state index contributed by atoms with van der Waals surface area (Å²) in [6.45, 7) is 7.87. The first-order valence-electron chi connectivity index (χ1n) is 5.58. The molecule has 0 aliphatic heterocycles. The van der Waals surface area contributed by atoms with Crippen molar-refractivity contribution in [2.24, 2.45) is 5.73 Å². The number of nitrogens with two attached hydrogens (primary N) is 1. The van der Waals surface area contributed by atoms with Gasteiger partial charge in [-0.2, -0.15) is 0 Å². The summed E-state index contributed by atoms with van der Waals surface area (Å²) in [4.78, 5) is 0. The summed E-state index contributed by atoms with van der Waals surface area (Å²) in [5.74, 6) is 1.51. The van der Waals surface area contributed by atoms with E-state index >= 15 is 0 Å². The molecule has 15 heavy (non-hydrogen) atoms. The number of hydrogen-bond acceptors (Lipinski definition) is 2. The van der Waals surface area contributed by atoms with E-state index in [0.717, 1.165) is 12.2 Å². The molecule has 0 bridgehead atoms. The minimum Gasteiger partial charge on any atom is -0.494 e. The van der Waals surface area contributed by atoms with Crippen LogP contribution in [0.25, 0.3) is 0 Å². The molecule has 0 aliphatic rings. The second-order valence-corrected chi connectivity index (χ2v) is 4.22. The normalized spacial score (nSPS) is 10.7. The van der Waals surface area contributed by atoms with Gasteiger partial charge in [-0.25, -0.2) is 0 Å². The van der Waals surface area contributed by atoms with Crippen LogP contribution in [0.4, 0.5) is 0 Å². The van der Waals surface area contributed by atoms with Crippen LogP contribution in [0.5, 0.6) is 5.75 Å². The highest BCUT2D eigenvalue weighted by molar-refractivity contribution is 5.35. The van der Waals surface area contributed by atoms with E-state index in [-0.39, 0.29) is 0 Å². The van der Waals surface area contributed by atoms with Gasteiger partial charge in [0.2, 0.25) is 0 Å². The summed E-state index contributed by atoms with van der Waals surface area (Å²) in [5, 5.41) is 0. The van der Waals surface area contributed by atoms with E-state index in [1.165, 1.54) is 11.1 Å². The van der Waals surface area contributed by atoms with Crippen molar-refractivity contribution in [3.05, 3.63) is 29.3 Å². The zero-order chi connectivity index (χ0) is 11.3. The van der Waals surface area contributed by atoms with Gasteiger partial charge in [-0.3, -0.25) is 0 Å². The lowest BCUT2D eigenvalue weighted by atomic mass is 10.0. The summed E-state index contributed by atoms with van der Waals surface area (Å²) in [6.07, 6.45) is 0.908. The second-order valence-electron chi connectivity index (χ2n) is 4.22. The smallest absolute Gasteiger partial charge is 0.119 e. The molecule has 0 amide bonds. The fourth-order valence-corrected chi connectivity index (χ4v) is 1.47. The molecule has 2 nitrogen and oxygen atoms in total. The van der Waals surface area contributed by atoms with Gasteiger partial charge in [0, 0.05) is 0 Å². The van der Waals surface area contributed by atoms with Crippen molar-refractivity contribution in [2.45, 2.75) is 33.1 Å². The van der Waals surface area contributed by atoms with Gasteiger partial charge in [0.15, 0.2) is 0 Å². The van der Waals surface area contributed by atoms with Crippen molar-refractivity contribution in [1.29, 1.82) is 0 Å². The molecule has 0 unspecified atom stereocenters. The maximum atomic E-state index is 5.64. The minimum absolute atomic E-state index is 0.543. The van der Waals surface area contributed by atoms with Crippen LogP contribution in [0, 0.1) is 6.92 Å². The van der Waals surface area contributed by atoms with E-state index in [1.54, 1.807) is 0 Å². The molecular weight excluding hydrogens is 186 g/mol. The predicted molar refractivity (Wildman–Crippen MR) is 64.4 cm³/mol. The summed E-state index contributed by atoms with van der Waals surface area (Å²) in [7, 11) is 0. The molecule has 1 aromatic rings. The third-order valence-electron chi connectivity index (χ3n) is 2.36. The average molecular weight is 207 g/mol. The zero-order valence-corrected chi connectivity index (χ0v) is 9.92. The largest absolute Gasteiger partial charge is 0.494 e. The Morgan fingerprint density at radius 3 is 2.60 bits per heavy atom. The Bertz CT molecular complexity index is 307. The van der Waals surface area contributed by atoms with Crippen molar-refractivity contribution >= 4 is 0 Å². The Morgan fingerprint density at radius 2 is 2.00 bits per heavy atom. The van der Waals surface area contributed by atoms with Crippen molar-refractivity contribution in [1.82, 2.24) is 0 Å². The van der Waals surface area contributed by atoms with Crippen LogP contribution in [0.1, 0.15) is 37.3 Å². The molecule has 2 heteroatoms. The van der Waals surface area contributed by atoms with Crippen molar-refractivity contribution < 1.29 is 4.74 Å². The molecule has 0 saturated heterocycles. The highest BCUT2D eigenvalue weighted by atomic mass is 16.5. The number of benzene rings is 1. The van der Waals surface area contributed by atoms with Crippen LogP contribution in [-0.2, 0) is 0 Å². The van der Waals surface area contributed by atoms with Crippen molar-refractivity contribution in [3.8, 4) is 5.75 Å². The van der Waals surface area contributed by atoms with E-state index in [2.05, 4.69) is 39.0 Å². The number of hydrogen-bond donors (Lipinski definition) is 1. The van der Waals surface area contributed by atoms with E-state index in [9.17, 15) is 0 Å². The lowest BCUT2D eigenvalue weighted by molar-refractivity contribution is 0.313. The Hall–Kier alpha value is -1.02. The first-order valence-corrected chi connectivity index (χ1v) is 5.58. The summed E-state index contributed by atoms with van der Waals surface area (Å²) < 4.78 is 5.64. The summed E-state index contributed by atoms with van der Waals surface area (Å²) >= 11 is 0. The van der Waals surface area contributed by atoms with Gasteiger partial charge >= 0.3 is 0 Å². The van der Waals surface area contributed by atoms with Crippen molar-refractivity contribution in [2.75, 3.05) is 13.2 Å². The van der Waals surface area contributed by atoms with Crippen LogP contribution in [0.15, 0.2) is 18.2 Å². The average Bonchev–Trinajstić information content (AvgIpc) is 2.17. The molecule has 0 radical (unpaired) electrons. The van der Waals surface area contributed by atoms with Gasteiger partial charge in [-0.05, 0) is 49.1 Å². The lowest BCUT2D eigenvalue weighted by Gasteiger charge is -2.11. The van der Waals surface area contributed by atoms with Crippen LogP contribution in [0.2, 0.25) is 0 Å². The monoisotopic (exact) mass is 207 g/mol. The standard InChI is InChI=1S/C13H21NO/c1-10(2)12-7-11(3)8-13(9-12)15-6-4-5-14/h7-10H,4-6,14H2,1-3H3. The number of rotatable bonds is 5. The highest BCUT2D eigenvalue weighted by Gasteiger charge is 2.03. The Kier molecular flexibility index (Phi) is 4.63. The van der Waals surface area contributed by atoms with E-state index in [0.29, 0.717) is 19.1 Å². The molecule has 0 saturated carbocycles. The summed E-state index contributed by atoms with van der Waals surface area (Å²) in [6, 6.07) is 6.40. The molecule has 0 aromatic heterocycles. The van der Waals surface area contributed by atoms with Gasteiger partial charge in [-0.1, -0.05) is 19.9 Å². The van der Waals surface area contributed by atoms with E-state index in [1.807, 2.05) is 0 Å². The van der Waals surface area contributed by atoms with Crippen LogP contribution in [0.3, 0.4) is 0 Å². The number of ether oxygens (including phenoxy) is 1. The quantitative estimate of drug-likeness (QED) is 0.753. The zero-order valence-electron chi connectivity index (χ0n) is 9.92. The first-order chi connectivity index (χ1) is 7.13. The van der Waals surface area contributed by atoms with Gasteiger partial charge in [0.25, 0.3) is 0 Å². The SMILES string of the molecule is Cc1cc(OCCCN)cc(C(C)C)c1. The third kappa shape index (κ3) is 3.92. The fourth-order valence-electron chi connectivity index (χ4n) is 1.47. The second kappa shape index (κ2) is 5.76. The molecule has 2 N–H and O–H groups in total. The minimum atomic E-state index is 0.543. The maximum absolute atomic E-state index is 5.64. The topological polar surface area (TPSA) is 35.2 Å². The first kappa shape index (κ1) is 12.1. The molecule has 1 aromatic carbocycles. The van der Waals surface area contributed by atoms with Gasteiger partial charge in [0.05, 0.1) is 6.61 Å². The van der Waals surface area contributed by atoms with Crippen molar-refractivity contribution in [3.63, 3.8) is 0 Å². The number of aryl methyl sites for hydroxylation is 1. The van der Waals surface area contributed by atoms with Crippen LogP contribution >= 0.6 is 0 Å². The molecule has 0 fully saturated rings. The predicted octanol–water partition coefficient (Wildman–Crippen LogP) is 2.85. The molecule has 0 spiro atoms.